The normalized spacial score (nSPS) is 11.7. The standard InChI is InChI=1S/C24H15ClF2N8/c25-15-7-18-22(32-17-5-6-21(27)29-11-17)14(9-28)10-30-24(18)19(8-15)33-23(20-12-31-35-34-20)13-1-3-16(26)4-2-13/h1-8,10-12,23,33H,(H,30,32)(H,31,34,35)/t23-/m0/s1. The maximum absolute atomic E-state index is 13.6. The van der Waals surface area contributed by atoms with Crippen molar-refractivity contribution in [3.8, 4) is 6.07 Å². The van der Waals surface area contributed by atoms with Crippen LogP contribution in [0.4, 0.5) is 25.8 Å². The second kappa shape index (κ2) is 9.32. The number of benzene rings is 2. The van der Waals surface area contributed by atoms with Crippen molar-refractivity contribution in [3.05, 3.63) is 101 Å². The fraction of sp³-hybridized carbons (Fsp3) is 0.0417. The van der Waals surface area contributed by atoms with Gasteiger partial charge in [-0.05, 0) is 42.0 Å². The summed E-state index contributed by atoms with van der Waals surface area (Å²) in [6.07, 6.45) is 4.38. The molecule has 0 saturated carbocycles. The Balaban J connectivity index is 1.63. The van der Waals surface area contributed by atoms with E-state index in [4.69, 9.17) is 11.6 Å². The number of nitrogens with zero attached hydrogens (tertiary/aromatic N) is 5. The highest BCUT2D eigenvalue weighted by atomic mass is 35.5. The number of anilines is 3. The van der Waals surface area contributed by atoms with Crippen LogP contribution >= 0.6 is 11.6 Å². The molecule has 0 spiro atoms. The van der Waals surface area contributed by atoms with Crippen molar-refractivity contribution in [2.45, 2.75) is 6.04 Å². The Bertz CT molecular complexity index is 1530. The molecule has 11 heteroatoms. The van der Waals surface area contributed by atoms with E-state index < -0.39 is 12.0 Å². The van der Waals surface area contributed by atoms with Gasteiger partial charge >= 0.3 is 0 Å². The maximum Gasteiger partial charge on any atom is 0.212 e. The van der Waals surface area contributed by atoms with Gasteiger partial charge in [0.25, 0.3) is 0 Å². The van der Waals surface area contributed by atoms with E-state index in [9.17, 15) is 14.0 Å². The van der Waals surface area contributed by atoms with Crippen LogP contribution in [-0.2, 0) is 0 Å². The SMILES string of the molecule is N#Cc1cnc2c(N[C@@H](c3ccc(F)cc3)c3c[nH]nn3)cc(Cl)cc2c1Nc1ccc(F)nc1. The fourth-order valence-corrected chi connectivity index (χ4v) is 3.90. The molecule has 0 unspecified atom stereocenters. The Morgan fingerprint density at radius 1 is 1.03 bits per heavy atom. The maximum atomic E-state index is 13.6. The molecule has 3 heterocycles. The Kier molecular flexibility index (Phi) is 5.91. The first-order chi connectivity index (χ1) is 17.0. The lowest BCUT2D eigenvalue weighted by Crippen LogP contribution is -2.14. The summed E-state index contributed by atoms with van der Waals surface area (Å²) in [7, 11) is 0. The van der Waals surface area contributed by atoms with Crippen LogP contribution in [0.15, 0.2) is 67.1 Å². The summed E-state index contributed by atoms with van der Waals surface area (Å²) in [6.45, 7) is 0. The van der Waals surface area contributed by atoms with Crippen molar-refractivity contribution in [3.63, 3.8) is 0 Å². The Morgan fingerprint density at radius 2 is 1.86 bits per heavy atom. The molecule has 0 aliphatic heterocycles. The monoisotopic (exact) mass is 488 g/mol. The van der Waals surface area contributed by atoms with Gasteiger partial charge in [-0.15, -0.1) is 5.10 Å². The molecular formula is C24H15ClF2N8. The van der Waals surface area contributed by atoms with Gasteiger partial charge in [0.05, 0.1) is 40.4 Å². The number of hydrogen-bond donors (Lipinski definition) is 3. The molecule has 35 heavy (non-hydrogen) atoms. The summed E-state index contributed by atoms with van der Waals surface area (Å²) in [6, 6.07) is 13.7. The van der Waals surface area contributed by atoms with E-state index in [1.54, 1.807) is 30.5 Å². The van der Waals surface area contributed by atoms with Gasteiger partial charge < -0.3 is 10.6 Å². The van der Waals surface area contributed by atoms with E-state index in [1.807, 2.05) is 0 Å². The summed E-state index contributed by atoms with van der Waals surface area (Å²) in [5.74, 6) is -0.984. The molecule has 0 saturated heterocycles. The van der Waals surface area contributed by atoms with Gasteiger partial charge in [-0.25, -0.2) is 9.37 Å². The first-order valence-electron chi connectivity index (χ1n) is 10.3. The molecule has 8 nitrogen and oxygen atoms in total. The molecule has 1 atom stereocenters. The summed E-state index contributed by atoms with van der Waals surface area (Å²) < 4.78 is 26.8. The third-order valence-electron chi connectivity index (χ3n) is 5.29. The topological polar surface area (TPSA) is 115 Å². The summed E-state index contributed by atoms with van der Waals surface area (Å²) in [5, 5.41) is 27.7. The quantitative estimate of drug-likeness (QED) is 0.270. The van der Waals surface area contributed by atoms with Crippen LogP contribution in [-0.4, -0.2) is 25.4 Å². The average molecular weight is 489 g/mol. The van der Waals surface area contributed by atoms with Gasteiger partial charge in [0.1, 0.15) is 17.6 Å². The van der Waals surface area contributed by atoms with Crippen molar-refractivity contribution in [2.75, 3.05) is 10.6 Å². The van der Waals surface area contributed by atoms with E-state index >= 15 is 0 Å². The molecule has 5 rings (SSSR count). The predicted molar refractivity (Wildman–Crippen MR) is 127 cm³/mol. The molecule has 3 aromatic heterocycles. The summed E-state index contributed by atoms with van der Waals surface area (Å²) >= 11 is 6.47. The van der Waals surface area contributed by atoms with Gasteiger partial charge in [-0.3, -0.25) is 10.1 Å². The molecule has 172 valence electrons. The molecular weight excluding hydrogens is 474 g/mol. The minimum atomic E-state index is -0.620. The van der Waals surface area contributed by atoms with E-state index in [-0.39, 0.29) is 11.4 Å². The number of nitrogens with one attached hydrogen (secondary N) is 3. The molecule has 0 fully saturated rings. The smallest absolute Gasteiger partial charge is 0.212 e. The van der Waals surface area contributed by atoms with Crippen molar-refractivity contribution in [2.24, 2.45) is 0 Å². The number of aromatic nitrogens is 5. The van der Waals surface area contributed by atoms with Crippen LogP contribution in [0, 0.1) is 23.1 Å². The lowest BCUT2D eigenvalue weighted by atomic mass is 10.0. The number of aromatic amines is 1. The summed E-state index contributed by atoms with van der Waals surface area (Å²) in [4.78, 5) is 8.13. The first-order valence-corrected chi connectivity index (χ1v) is 10.7. The van der Waals surface area contributed by atoms with Crippen LogP contribution in [0.1, 0.15) is 22.9 Å². The van der Waals surface area contributed by atoms with Crippen LogP contribution < -0.4 is 10.6 Å². The number of H-pyrrole nitrogens is 1. The Hall–Kier alpha value is -4.62. The van der Waals surface area contributed by atoms with Crippen LogP contribution in [0.25, 0.3) is 10.9 Å². The van der Waals surface area contributed by atoms with Gasteiger partial charge in [0, 0.05) is 22.8 Å². The number of rotatable bonds is 6. The fourth-order valence-electron chi connectivity index (χ4n) is 3.68. The summed E-state index contributed by atoms with van der Waals surface area (Å²) in [5.41, 5.74) is 3.55. The molecule has 5 aromatic rings. The van der Waals surface area contributed by atoms with E-state index in [0.29, 0.717) is 38.7 Å². The number of pyridine rings is 2. The van der Waals surface area contributed by atoms with Crippen molar-refractivity contribution in [1.82, 2.24) is 25.4 Å². The molecule has 0 aliphatic rings. The lowest BCUT2D eigenvalue weighted by molar-refractivity contribution is 0.584. The molecule has 0 bridgehead atoms. The van der Waals surface area contributed by atoms with E-state index in [0.717, 1.165) is 5.56 Å². The zero-order valence-electron chi connectivity index (χ0n) is 17.8. The van der Waals surface area contributed by atoms with Crippen LogP contribution in [0.2, 0.25) is 5.02 Å². The highest BCUT2D eigenvalue weighted by molar-refractivity contribution is 6.32. The lowest BCUT2D eigenvalue weighted by Gasteiger charge is -2.20. The zero-order chi connectivity index (χ0) is 24.4. The second-order valence-corrected chi connectivity index (χ2v) is 7.97. The van der Waals surface area contributed by atoms with Crippen molar-refractivity contribution in [1.29, 1.82) is 5.26 Å². The predicted octanol–water partition coefficient (Wildman–Crippen LogP) is 5.50. The van der Waals surface area contributed by atoms with Crippen LogP contribution in [0.5, 0.6) is 0 Å². The molecule has 2 aromatic carbocycles. The molecule has 0 amide bonds. The minimum absolute atomic E-state index is 0.265. The number of halogens is 3. The second-order valence-electron chi connectivity index (χ2n) is 7.53. The zero-order valence-corrected chi connectivity index (χ0v) is 18.6. The Labute approximate surface area is 202 Å². The van der Waals surface area contributed by atoms with Gasteiger partial charge in [-0.1, -0.05) is 28.9 Å². The van der Waals surface area contributed by atoms with Gasteiger partial charge in [-0.2, -0.15) is 9.65 Å². The van der Waals surface area contributed by atoms with Crippen molar-refractivity contribution < 1.29 is 8.78 Å². The van der Waals surface area contributed by atoms with Crippen molar-refractivity contribution >= 4 is 39.6 Å². The van der Waals surface area contributed by atoms with Crippen LogP contribution in [0.3, 0.4) is 0 Å². The van der Waals surface area contributed by atoms with E-state index in [1.165, 1.54) is 36.7 Å². The average Bonchev–Trinajstić information content (AvgIpc) is 3.39. The van der Waals surface area contributed by atoms with E-state index in [2.05, 4.69) is 42.1 Å². The highest BCUT2D eigenvalue weighted by Crippen LogP contribution is 2.37. The Morgan fingerprint density at radius 3 is 2.54 bits per heavy atom. The van der Waals surface area contributed by atoms with Gasteiger partial charge in [0.15, 0.2) is 0 Å². The molecule has 3 N–H and O–H groups in total. The third-order valence-corrected chi connectivity index (χ3v) is 5.51. The molecule has 0 radical (unpaired) electrons. The number of nitriles is 1. The third kappa shape index (κ3) is 4.58. The number of hydrogen-bond acceptors (Lipinski definition) is 7. The molecule has 0 aliphatic carbocycles. The van der Waals surface area contributed by atoms with Gasteiger partial charge in [0.2, 0.25) is 5.95 Å². The minimum Gasteiger partial charge on any atom is -0.371 e. The first kappa shape index (κ1) is 22.2. The highest BCUT2D eigenvalue weighted by Gasteiger charge is 2.20. The number of fused-ring (bicyclic) bond motifs is 1. The largest absolute Gasteiger partial charge is 0.371 e.